The van der Waals surface area contributed by atoms with E-state index in [2.05, 4.69) is 5.32 Å². The molecule has 1 N–H and O–H groups in total. The lowest BCUT2D eigenvalue weighted by atomic mass is 10.1. The van der Waals surface area contributed by atoms with Crippen molar-refractivity contribution in [1.82, 2.24) is 5.32 Å². The number of benzene rings is 2. The van der Waals surface area contributed by atoms with Gasteiger partial charge in [0.2, 0.25) is 0 Å². The summed E-state index contributed by atoms with van der Waals surface area (Å²) >= 11 is 0. The summed E-state index contributed by atoms with van der Waals surface area (Å²) in [6.07, 6.45) is -2.45. The largest absolute Gasteiger partial charge is 0.306 e. The molecule has 2 aromatic carbocycles. The number of hydrogen-bond acceptors (Lipinski definition) is 1. The third-order valence-corrected chi connectivity index (χ3v) is 3.22. The summed E-state index contributed by atoms with van der Waals surface area (Å²) in [5.74, 6) is -0.249. The normalized spacial score (nSPS) is 12.7. The Hall–Kier alpha value is -1.81. The van der Waals surface area contributed by atoms with E-state index in [1.807, 2.05) is 6.92 Å². The van der Waals surface area contributed by atoms with E-state index in [0.717, 1.165) is 5.56 Å². The molecule has 4 heteroatoms. The minimum absolute atomic E-state index is 0.0101. The van der Waals surface area contributed by atoms with Crippen LogP contribution in [0.4, 0.5) is 13.2 Å². The van der Waals surface area contributed by atoms with Crippen molar-refractivity contribution in [2.45, 2.75) is 25.9 Å². The molecule has 0 aliphatic heterocycles. The zero-order valence-electron chi connectivity index (χ0n) is 11.1. The molecular weight excluding hydrogens is 263 g/mol. The lowest BCUT2D eigenvalue weighted by Crippen LogP contribution is -2.19. The Bertz CT molecular complexity index is 552. The van der Waals surface area contributed by atoms with Crippen LogP contribution in [-0.2, 0) is 6.54 Å². The first kappa shape index (κ1) is 14.6. The first-order valence-electron chi connectivity index (χ1n) is 6.42. The first-order chi connectivity index (χ1) is 9.58. The molecule has 0 radical (unpaired) electrons. The molecule has 0 aliphatic rings. The van der Waals surface area contributed by atoms with Crippen molar-refractivity contribution in [2.75, 3.05) is 0 Å². The number of alkyl halides is 2. The average molecular weight is 279 g/mol. The SMILES string of the molecule is CC(NCc1ccc(C(F)F)cc1)c1ccccc1F. The molecule has 0 bridgehead atoms. The van der Waals surface area contributed by atoms with Crippen LogP contribution in [0.2, 0.25) is 0 Å². The Kier molecular flexibility index (Phi) is 4.79. The monoisotopic (exact) mass is 279 g/mol. The number of rotatable bonds is 5. The summed E-state index contributed by atoms with van der Waals surface area (Å²) < 4.78 is 38.4. The highest BCUT2D eigenvalue weighted by atomic mass is 19.3. The minimum Gasteiger partial charge on any atom is -0.306 e. The number of hydrogen-bond donors (Lipinski definition) is 1. The second-order valence-corrected chi connectivity index (χ2v) is 4.67. The fourth-order valence-corrected chi connectivity index (χ4v) is 1.99. The molecule has 106 valence electrons. The molecule has 0 fully saturated rings. The van der Waals surface area contributed by atoms with Crippen molar-refractivity contribution in [1.29, 1.82) is 0 Å². The van der Waals surface area contributed by atoms with Gasteiger partial charge in [0.05, 0.1) is 0 Å². The van der Waals surface area contributed by atoms with E-state index in [-0.39, 0.29) is 17.4 Å². The Labute approximate surface area is 116 Å². The number of nitrogens with one attached hydrogen (secondary N) is 1. The Morgan fingerprint density at radius 1 is 1.00 bits per heavy atom. The molecule has 20 heavy (non-hydrogen) atoms. The molecule has 0 spiro atoms. The molecule has 0 saturated heterocycles. The molecule has 1 nitrogen and oxygen atoms in total. The van der Waals surface area contributed by atoms with Gasteiger partial charge in [-0.25, -0.2) is 13.2 Å². The van der Waals surface area contributed by atoms with Crippen LogP contribution in [0.3, 0.4) is 0 Å². The van der Waals surface area contributed by atoms with Crippen LogP contribution in [0.1, 0.15) is 36.1 Å². The van der Waals surface area contributed by atoms with E-state index in [9.17, 15) is 13.2 Å². The zero-order chi connectivity index (χ0) is 14.5. The second-order valence-electron chi connectivity index (χ2n) is 4.67. The molecule has 0 amide bonds. The maximum absolute atomic E-state index is 13.6. The van der Waals surface area contributed by atoms with Crippen LogP contribution >= 0.6 is 0 Å². The lowest BCUT2D eigenvalue weighted by Gasteiger charge is -2.15. The van der Waals surface area contributed by atoms with Crippen LogP contribution in [0.5, 0.6) is 0 Å². The van der Waals surface area contributed by atoms with Gasteiger partial charge in [0.15, 0.2) is 0 Å². The van der Waals surface area contributed by atoms with Crippen LogP contribution in [0, 0.1) is 5.82 Å². The van der Waals surface area contributed by atoms with Gasteiger partial charge in [0.1, 0.15) is 5.82 Å². The van der Waals surface area contributed by atoms with Gasteiger partial charge in [0, 0.05) is 23.7 Å². The zero-order valence-corrected chi connectivity index (χ0v) is 11.1. The number of halogens is 3. The van der Waals surface area contributed by atoms with Gasteiger partial charge in [-0.3, -0.25) is 0 Å². The van der Waals surface area contributed by atoms with Crippen LogP contribution < -0.4 is 5.32 Å². The van der Waals surface area contributed by atoms with Crippen LogP contribution in [-0.4, -0.2) is 0 Å². The highest BCUT2D eigenvalue weighted by Gasteiger charge is 2.10. The predicted molar refractivity (Wildman–Crippen MR) is 73.1 cm³/mol. The molecule has 1 unspecified atom stereocenters. The lowest BCUT2D eigenvalue weighted by molar-refractivity contribution is 0.151. The summed E-state index contributed by atoms with van der Waals surface area (Å²) in [7, 11) is 0. The third-order valence-electron chi connectivity index (χ3n) is 3.22. The molecule has 2 rings (SSSR count). The fourth-order valence-electron chi connectivity index (χ4n) is 1.99. The van der Waals surface area contributed by atoms with E-state index in [0.29, 0.717) is 12.1 Å². The average Bonchev–Trinajstić information content (AvgIpc) is 2.45. The predicted octanol–water partition coefficient (Wildman–Crippen LogP) is 4.61. The highest BCUT2D eigenvalue weighted by Crippen LogP contribution is 2.20. The molecule has 0 saturated carbocycles. The summed E-state index contributed by atoms with van der Waals surface area (Å²) in [6.45, 7) is 2.37. The minimum atomic E-state index is -2.45. The van der Waals surface area contributed by atoms with E-state index >= 15 is 0 Å². The Morgan fingerprint density at radius 2 is 1.65 bits per heavy atom. The summed E-state index contributed by atoms with van der Waals surface area (Å²) in [5.41, 5.74) is 1.49. The maximum atomic E-state index is 13.6. The third kappa shape index (κ3) is 3.61. The standard InChI is InChI=1S/C16H16F3N/c1-11(14-4-2-3-5-15(14)17)20-10-12-6-8-13(9-7-12)16(18)19/h2-9,11,16,20H,10H2,1H3. The van der Waals surface area contributed by atoms with Crippen LogP contribution in [0.25, 0.3) is 0 Å². The fraction of sp³-hybridized carbons (Fsp3) is 0.250. The van der Waals surface area contributed by atoms with Gasteiger partial charge in [-0.05, 0) is 18.6 Å². The highest BCUT2D eigenvalue weighted by molar-refractivity contribution is 5.24. The van der Waals surface area contributed by atoms with E-state index in [1.165, 1.54) is 18.2 Å². The van der Waals surface area contributed by atoms with Crippen molar-refractivity contribution in [3.8, 4) is 0 Å². The molecule has 1 atom stereocenters. The van der Waals surface area contributed by atoms with Gasteiger partial charge in [-0.2, -0.15) is 0 Å². The van der Waals surface area contributed by atoms with Gasteiger partial charge in [-0.1, -0.05) is 42.5 Å². The van der Waals surface area contributed by atoms with Crippen molar-refractivity contribution in [3.05, 3.63) is 71.0 Å². The smallest absolute Gasteiger partial charge is 0.263 e. The van der Waals surface area contributed by atoms with Gasteiger partial charge in [-0.15, -0.1) is 0 Å². The molecule has 0 aromatic heterocycles. The van der Waals surface area contributed by atoms with Gasteiger partial charge in [0.25, 0.3) is 6.43 Å². The summed E-state index contributed by atoms with van der Waals surface area (Å²) in [4.78, 5) is 0. The van der Waals surface area contributed by atoms with Gasteiger partial charge < -0.3 is 5.32 Å². The first-order valence-corrected chi connectivity index (χ1v) is 6.42. The van der Waals surface area contributed by atoms with Crippen molar-refractivity contribution in [2.24, 2.45) is 0 Å². The summed E-state index contributed by atoms with van der Waals surface area (Å²) in [5, 5.41) is 3.18. The van der Waals surface area contributed by atoms with E-state index in [4.69, 9.17) is 0 Å². The van der Waals surface area contributed by atoms with Crippen molar-refractivity contribution in [3.63, 3.8) is 0 Å². The molecule has 0 aliphatic carbocycles. The van der Waals surface area contributed by atoms with Crippen LogP contribution in [0.15, 0.2) is 48.5 Å². The topological polar surface area (TPSA) is 12.0 Å². The Morgan fingerprint density at radius 3 is 2.25 bits per heavy atom. The maximum Gasteiger partial charge on any atom is 0.263 e. The van der Waals surface area contributed by atoms with E-state index in [1.54, 1.807) is 30.3 Å². The molecule has 0 heterocycles. The Balaban J connectivity index is 1.96. The quantitative estimate of drug-likeness (QED) is 0.842. The molecular formula is C16H16F3N. The van der Waals surface area contributed by atoms with Crippen molar-refractivity contribution < 1.29 is 13.2 Å². The van der Waals surface area contributed by atoms with Gasteiger partial charge >= 0.3 is 0 Å². The molecule has 2 aromatic rings. The van der Waals surface area contributed by atoms with Crippen molar-refractivity contribution >= 4 is 0 Å². The second kappa shape index (κ2) is 6.57. The summed E-state index contributed by atoms with van der Waals surface area (Å²) in [6, 6.07) is 12.6. The van der Waals surface area contributed by atoms with E-state index < -0.39 is 6.43 Å².